The van der Waals surface area contributed by atoms with Crippen LogP contribution in [0.4, 0.5) is 5.69 Å². The lowest BCUT2D eigenvalue weighted by Gasteiger charge is -2.12. The molecule has 2 heterocycles. The van der Waals surface area contributed by atoms with Crippen molar-refractivity contribution in [1.82, 2.24) is 4.98 Å². The van der Waals surface area contributed by atoms with E-state index in [9.17, 15) is 9.59 Å². The number of carbonyl (C=O) groups excluding carboxylic acids is 2. The van der Waals surface area contributed by atoms with Crippen molar-refractivity contribution in [1.29, 1.82) is 0 Å². The maximum Gasteiger partial charge on any atom is 0.331 e. The van der Waals surface area contributed by atoms with Gasteiger partial charge in [-0.05, 0) is 47.5 Å². The zero-order valence-corrected chi connectivity index (χ0v) is 13.2. The van der Waals surface area contributed by atoms with Gasteiger partial charge in [0.1, 0.15) is 0 Å². The van der Waals surface area contributed by atoms with E-state index in [2.05, 4.69) is 10.3 Å². The summed E-state index contributed by atoms with van der Waals surface area (Å²) in [5, 5.41) is 6.52. The predicted octanol–water partition coefficient (Wildman–Crippen LogP) is 3.38. The van der Waals surface area contributed by atoms with Gasteiger partial charge in [-0.1, -0.05) is 11.6 Å². The van der Waals surface area contributed by atoms with Gasteiger partial charge in [-0.2, -0.15) is 11.3 Å². The van der Waals surface area contributed by atoms with Crippen molar-refractivity contribution in [3.8, 4) is 0 Å². The first-order valence-corrected chi connectivity index (χ1v) is 7.70. The van der Waals surface area contributed by atoms with Crippen molar-refractivity contribution >= 4 is 46.6 Å². The third-order valence-electron chi connectivity index (χ3n) is 2.63. The Bertz CT molecular complexity index is 686. The molecule has 0 aliphatic heterocycles. The number of hydrogen-bond acceptors (Lipinski definition) is 5. The van der Waals surface area contributed by atoms with E-state index in [0.29, 0.717) is 5.69 Å². The van der Waals surface area contributed by atoms with E-state index in [0.717, 1.165) is 5.56 Å². The Morgan fingerprint density at radius 1 is 1.45 bits per heavy atom. The van der Waals surface area contributed by atoms with E-state index in [1.807, 2.05) is 16.8 Å². The highest BCUT2D eigenvalue weighted by atomic mass is 35.5. The summed E-state index contributed by atoms with van der Waals surface area (Å²) in [4.78, 5) is 27.4. The summed E-state index contributed by atoms with van der Waals surface area (Å²) in [6, 6.07) is 5.12. The van der Waals surface area contributed by atoms with Gasteiger partial charge in [0.2, 0.25) is 0 Å². The Hall–Kier alpha value is -2.18. The quantitative estimate of drug-likeness (QED) is 0.516. The van der Waals surface area contributed by atoms with Crippen LogP contribution in [0.5, 0.6) is 0 Å². The van der Waals surface area contributed by atoms with Gasteiger partial charge in [0.15, 0.2) is 11.3 Å². The SMILES string of the molecule is C[C@@H](OC(=O)/C=C/c1ccsc1)C(=O)Nc1cccnc1Cl. The summed E-state index contributed by atoms with van der Waals surface area (Å²) in [6.07, 6.45) is 3.47. The first kappa shape index (κ1) is 16.2. The summed E-state index contributed by atoms with van der Waals surface area (Å²) in [6.45, 7) is 1.48. The molecule has 0 saturated carbocycles. The Kier molecular flexibility index (Phi) is 5.68. The maximum absolute atomic E-state index is 11.9. The molecule has 0 unspecified atom stereocenters. The fourth-order valence-electron chi connectivity index (χ4n) is 1.51. The van der Waals surface area contributed by atoms with Gasteiger partial charge in [0.05, 0.1) is 5.69 Å². The standard InChI is InChI=1S/C15H13ClN2O3S/c1-10(15(20)18-12-3-2-7-17-14(12)16)21-13(19)5-4-11-6-8-22-9-11/h2-10H,1H3,(H,18,20)/b5-4+/t10-/m1/s1. The first-order chi connectivity index (χ1) is 10.6. The minimum Gasteiger partial charge on any atom is -0.449 e. The zero-order valence-electron chi connectivity index (χ0n) is 11.7. The van der Waals surface area contributed by atoms with Crippen LogP contribution < -0.4 is 5.32 Å². The number of nitrogens with zero attached hydrogens (tertiary/aromatic N) is 1. The lowest BCUT2D eigenvalue weighted by molar-refractivity contribution is -0.148. The Labute approximate surface area is 136 Å². The molecule has 0 aromatic carbocycles. The van der Waals surface area contributed by atoms with Crippen LogP contribution in [-0.2, 0) is 14.3 Å². The fourth-order valence-corrected chi connectivity index (χ4v) is 2.31. The number of anilines is 1. The normalized spacial score (nSPS) is 12.1. The second kappa shape index (κ2) is 7.72. The smallest absolute Gasteiger partial charge is 0.331 e. The monoisotopic (exact) mass is 336 g/mol. The molecule has 1 N–H and O–H groups in total. The van der Waals surface area contributed by atoms with E-state index < -0.39 is 18.0 Å². The zero-order chi connectivity index (χ0) is 15.9. The first-order valence-electron chi connectivity index (χ1n) is 6.38. The average Bonchev–Trinajstić information content (AvgIpc) is 3.00. The molecule has 0 saturated heterocycles. The molecule has 1 atom stereocenters. The molecular weight excluding hydrogens is 324 g/mol. The fraction of sp³-hybridized carbons (Fsp3) is 0.133. The number of halogens is 1. The Balaban J connectivity index is 1.88. The second-order valence-electron chi connectivity index (χ2n) is 4.30. The number of thiophene rings is 1. The molecule has 0 spiro atoms. The van der Waals surface area contributed by atoms with Crippen molar-refractivity contribution in [2.75, 3.05) is 5.32 Å². The van der Waals surface area contributed by atoms with Crippen LogP contribution in [0.1, 0.15) is 12.5 Å². The van der Waals surface area contributed by atoms with Crippen molar-refractivity contribution in [3.05, 3.63) is 51.9 Å². The van der Waals surface area contributed by atoms with Crippen LogP contribution in [-0.4, -0.2) is 23.0 Å². The number of ether oxygens (including phenoxy) is 1. The maximum atomic E-state index is 11.9. The number of nitrogens with one attached hydrogen (secondary N) is 1. The molecule has 0 bridgehead atoms. The van der Waals surface area contributed by atoms with Gasteiger partial charge in [0, 0.05) is 12.3 Å². The highest BCUT2D eigenvalue weighted by Gasteiger charge is 2.17. The average molecular weight is 337 g/mol. The molecular formula is C15H13ClN2O3S. The predicted molar refractivity (Wildman–Crippen MR) is 86.8 cm³/mol. The van der Waals surface area contributed by atoms with Gasteiger partial charge < -0.3 is 10.1 Å². The highest BCUT2D eigenvalue weighted by molar-refractivity contribution is 7.08. The third kappa shape index (κ3) is 4.68. The summed E-state index contributed by atoms with van der Waals surface area (Å²) >= 11 is 7.37. The van der Waals surface area contributed by atoms with Crippen molar-refractivity contribution in [2.45, 2.75) is 13.0 Å². The van der Waals surface area contributed by atoms with E-state index in [4.69, 9.17) is 16.3 Å². The van der Waals surface area contributed by atoms with Gasteiger partial charge in [-0.25, -0.2) is 9.78 Å². The van der Waals surface area contributed by atoms with Crippen LogP contribution in [0.15, 0.2) is 41.2 Å². The van der Waals surface area contributed by atoms with Crippen molar-refractivity contribution in [3.63, 3.8) is 0 Å². The number of hydrogen-bond donors (Lipinski definition) is 1. The molecule has 0 aliphatic carbocycles. The minimum absolute atomic E-state index is 0.173. The molecule has 0 aliphatic rings. The lowest BCUT2D eigenvalue weighted by atomic mass is 10.3. The number of aromatic nitrogens is 1. The Morgan fingerprint density at radius 3 is 2.95 bits per heavy atom. The molecule has 2 rings (SSSR count). The summed E-state index contributed by atoms with van der Waals surface area (Å²) < 4.78 is 5.02. The van der Waals surface area contributed by atoms with E-state index in [1.165, 1.54) is 30.5 Å². The molecule has 7 heteroatoms. The van der Waals surface area contributed by atoms with E-state index in [-0.39, 0.29) is 5.15 Å². The van der Waals surface area contributed by atoms with Gasteiger partial charge in [-0.3, -0.25) is 4.79 Å². The lowest BCUT2D eigenvalue weighted by Crippen LogP contribution is -2.29. The van der Waals surface area contributed by atoms with Crippen LogP contribution in [0.25, 0.3) is 6.08 Å². The number of rotatable bonds is 5. The summed E-state index contributed by atoms with van der Waals surface area (Å²) in [5.74, 6) is -1.07. The second-order valence-corrected chi connectivity index (χ2v) is 5.44. The molecule has 2 aromatic rings. The number of carbonyl (C=O) groups is 2. The molecule has 5 nitrogen and oxygen atoms in total. The largest absolute Gasteiger partial charge is 0.449 e. The van der Waals surface area contributed by atoms with Gasteiger partial charge in [-0.15, -0.1) is 0 Å². The van der Waals surface area contributed by atoms with Crippen LogP contribution >= 0.6 is 22.9 Å². The molecule has 22 heavy (non-hydrogen) atoms. The molecule has 0 fully saturated rings. The number of pyridine rings is 1. The Morgan fingerprint density at radius 2 is 2.27 bits per heavy atom. The van der Waals surface area contributed by atoms with E-state index >= 15 is 0 Å². The third-order valence-corrected chi connectivity index (χ3v) is 3.64. The molecule has 114 valence electrons. The summed E-state index contributed by atoms with van der Waals surface area (Å²) in [5.41, 5.74) is 1.27. The van der Waals surface area contributed by atoms with Gasteiger partial charge >= 0.3 is 5.97 Å². The number of esters is 1. The number of amides is 1. The van der Waals surface area contributed by atoms with Crippen LogP contribution in [0, 0.1) is 0 Å². The molecule has 1 amide bonds. The molecule has 2 aromatic heterocycles. The minimum atomic E-state index is -0.948. The van der Waals surface area contributed by atoms with Crippen molar-refractivity contribution < 1.29 is 14.3 Å². The summed E-state index contributed by atoms with van der Waals surface area (Å²) in [7, 11) is 0. The van der Waals surface area contributed by atoms with Crippen LogP contribution in [0.2, 0.25) is 5.15 Å². The topological polar surface area (TPSA) is 68.3 Å². The molecule has 0 radical (unpaired) electrons. The van der Waals surface area contributed by atoms with Crippen molar-refractivity contribution in [2.24, 2.45) is 0 Å². The van der Waals surface area contributed by atoms with Crippen LogP contribution in [0.3, 0.4) is 0 Å². The van der Waals surface area contributed by atoms with Gasteiger partial charge in [0.25, 0.3) is 5.91 Å². The van der Waals surface area contributed by atoms with E-state index in [1.54, 1.807) is 18.2 Å². The highest BCUT2D eigenvalue weighted by Crippen LogP contribution is 2.17.